The molecule has 2 heterocycles. The first-order chi connectivity index (χ1) is 17.4. The molecule has 0 aliphatic carbocycles. The Balaban J connectivity index is 2.00. The summed E-state index contributed by atoms with van der Waals surface area (Å²) >= 11 is 0. The molecular weight excluding hydrogens is 460 g/mol. The quantitative estimate of drug-likeness (QED) is 0.216. The summed E-state index contributed by atoms with van der Waals surface area (Å²) < 4.78 is 17.2. The molecule has 0 spiro atoms. The van der Waals surface area contributed by atoms with E-state index in [4.69, 9.17) is 13.9 Å². The van der Waals surface area contributed by atoms with Gasteiger partial charge in [0.1, 0.15) is 11.7 Å². The molecular formula is C28H38N2O6. The molecule has 36 heavy (non-hydrogen) atoms. The lowest BCUT2D eigenvalue weighted by molar-refractivity contribution is -0.140. The fraction of sp³-hybridized carbons (Fsp3) is 0.536. The zero-order valence-corrected chi connectivity index (χ0v) is 22.0. The number of Topliss-reactive ketones (excluding diaryl/α,β-unsaturated/α-hetero) is 2. The molecule has 8 nitrogen and oxygen atoms in total. The highest BCUT2D eigenvalue weighted by molar-refractivity contribution is 6.43. The van der Waals surface area contributed by atoms with Gasteiger partial charge in [-0.2, -0.15) is 0 Å². The van der Waals surface area contributed by atoms with Crippen LogP contribution in [0.2, 0.25) is 0 Å². The molecule has 1 aromatic carbocycles. The van der Waals surface area contributed by atoms with Crippen molar-refractivity contribution in [2.75, 3.05) is 39.4 Å². The molecule has 1 aromatic heterocycles. The molecule has 1 aliphatic heterocycles. The van der Waals surface area contributed by atoms with Gasteiger partial charge in [-0.3, -0.25) is 14.4 Å². The van der Waals surface area contributed by atoms with Crippen molar-refractivity contribution in [3.63, 3.8) is 0 Å². The van der Waals surface area contributed by atoms with Crippen LogP contribution in [-0.2, 0) is 9.59 Å². The summed E-state index contributed by atoms with van der Waals surface area (Å²) in [4.78, 5) is 43.7. The first-order valence-corrected chi connectivity index (χ1v) is 12.9. The third-order valence-corrected chi connectivity index (χ3v) is 6.51. The van der Waals surface area contributed by atoms with E-state index in [-0.39, 0.29) is 5.76 Å². The molecule has 1 aliphatic rings. The van der Waals surface area contributed by atoms with Gasteiger partial charge in [-0.15, -0.1) is 0 Å². The first kappa shape index (κ1) is 27.5. The number of nitrogens with zero attached hydrogens (tertiary/aromatic N) is 2. The van der Waals surface area contributed by atoms with Crippen molar-refractivity contribution in [3.05, 3.63) is 47.4 Å². The number of carbonyl (C=O) groups is 3. The second-order valence-corrected chi connectivity index (χ2v) is 8.93. The highest BCUT2D eigenvalue weighted by atomic mass is 16.5. The number of rotatable bonds is 14. The number of ether oxygens (including phenoxy) is 2. The Labute approximate surface area is 213 Å². The average molecular weight is 499 g/mol. The molecule has 1 saturated heterocycles. The molecule has 196 valence electrons. The van der Waals surface area contributed by atoms with Crippen molar-refractivity contribution in [2.45, 2.75) is 53.5 Å². The van der Waals surface area contributed by atoms with Gasteiger partial charge in [0.15, 0.2) is 17.3 Å². The van der Waals surface area contributed by atoms with Crippen molar-refractivity contribution < 1.29 is 28.3 Å². The lowest BCUT2D eigenvalue weighted by Crippen LogP contribution is -2.34. The Bertz CT molecular complexity index is 1060. The topological polar surface area (TPSA) is 89.3 Å². The Kier molecular flexibility index (Phi) is 9.70. The van der Waals surface area contributed by atoms with E-state index in [9.17, 15) is 14.4 Å². The van der Waals surface area contributed by atoms with Gasteiger partial charge in [0.05, 0.1) is 19.3 Å². The molecule has 0 N–H and O–H groups in total. The van der Waals surface area contributed by atoms with Crippen LogP contribution in [0.4, 0.5) is 0 Å². The molecule has 3 rings (SSSR count). The van der Waals surface area contributed by atoms with Gasteiger partial charge in [-0.05, 0) is 76.2 Å². The smallest absolute Gasteiger partial charge is 0.291 e. The van der Waals surface area contributed by atoms with Gasteiger partial charge >= 0.3 is 0 Å². The molecule has 2 unspecified atom stereocenters. The maximum atomic E-state index is 13.5. The van der Waals surface area contributed by atoms with E-state index in [2.05, 4.69) is 18.7 Å². The number of likely N-dealkylation sites (tertiary alicyclic amines) is 1. The van der Waals surface area contributed by atoms with Crippen LogP contribution in [0.3, 0.4) is 0 Å². The van der Waals surface area contributed by atoms with Crippen LogP contribution in [-0.4, -0.2) is 66.7 Å². The summed E-state index contributed by atoms with van der Waals surface area (Å²) in [6.45, 7) is 13.8. The minimum Gasteiger partial charge on any atom is -0.490 e. The van der Waals surface area contributed by atoms with Crippen molar-refractivity contribution in [2.24, 2.45) is 5.92 Å². The van der Waals surface area contributed by atoms with E-state index in [0.29, 0.717) is 49.0 Å². The van der Waals surface area contributed by atoms with E-state index < -0.39 is 29.4 Å². The van der Waals surface area contributed by atoms with E-state index in [1.807, 2.05) is 19.9 Å². The van der Waals surface area contributed by atoms with E-state index >= 15 is 0 Å². The molecule has 2 atom stereocenters. The Hall–Kier alpha value is -3.13. The van der Waals surface area contributed by atoms with Gasteiger partial charge in [-0.25, -0.2) is 0 Å². The summed E-state index contributed by atoms with van der Waals surface area (Å²) in [5.74, 6) is -1.23. The van der Waals surface area contributed by atoms with Crippen molar-refractivity contribution in [1.29, 1.82) is 0 Å². The summed E-state index contributed by atoms with van der Waals surface area (Å²) in [7, 11) is 0. The zero-order valence-electron chi connectivity index (χ0n) is 22.0. The van der Waals surface area contributed by atoms with Crippen LogP contribution >= 0.6 is 0 Å². The molecule has 2 aromatic rings. The largest absolute Gasteiger partial charge is 0.490 e. The predicted octanol–water partition coefficient (Wildman–Crippen LogP) is 4.46. The standard InChI is InChI=1S/C28H38N2O6/c1-6-17-35-21-14-12-20(18-23(21)34-9-4)25-24(26(31)22-13-11-19(5)36-22)27(32)28(33)30(25)16-10-15-29(7-2)8-3/h11-14,18,24-25H,6-10,15-17H2,1-5H3. The first-order valence-electron chi connectivity index (χ1n) is 12.9. The second kappa shape index (κ2) is 12.7. The lowest BCUT2D eigenvalue weighted by atomic mass is 9.88. The average Bonchev–Trinajstić information content (AvgIpc) is 3.42. The van der Waals surface area contributed by atoms with Crippen molar-refractivity contribution >= 4 is 17.5 Å². The van der Waals surface area contributed by atoms with E-state index in [1.54, 1.807) is 36.1 Å². The molecule has 1 amide bonds. The zero-order chi connectivity index (χ0) is 26.2. The van der Waals surface area contributed by atoms with Crippen LogP contribution in [0.15, 0.2) is 34.7 Å². The monoisotopic (exact) mass is 498 g/mol. The third kappa shape index (κ3) is 5.98. The van der Waals surface area contributed by atoms with Gasteiger partial charge in [0.2, 0.25) is 11.6 Å². The highest BCUT2D eigenvalue weighted by Crippen LogP contribution is 2.41. The minimum atomic E-state index is -1.19. The minimum absolute atomic E-state index is 0.0848. The fourth-order valence-electron chi connectivity index (χ4n) is 4.63. The maximum absolute atomic E-state index is 13.5. The number of carbonyl (C=O) groups excluding carboxylic acids is 3. The number of furan rings is 1. The van der Waals surface area contributed by atoms with E-state index in [0.717, 1.165) is 26.1 Å². The van der Waals surface area contributed by atoms with Crippen LogP contribution in [0, 0.1) is 12.8 Å². The predicted molar refractivity (Wildman–Crippen MR) is 137 cm³/mol. The fourth-order valence-corrected chi connectivity index (χ4v) is 4.63. The number of benzene rings is 1. The number of hydrogen-bond acceptors (Lipinski definition) is 7. The maximum Gasteiger partial charge on any atom is 0.291 e. The summed E-state index contributed by atoms with van der Waals surface area (Å²) in [5, 5.41) is 0. The number of amides is 1. The van der Waals surface area contributed by atoms with E-state index in [1.165, 1.54) is 0 Å². The van der Waals surface area contributed by atoms with Gasteiger partial charge < -0.3 is 23.7 Å². The van der Waals surface area contributed by atoms with Crippen molar-refractivity contribution in [3.8, 4) is 11.5 Å². The Morgan fingerprint density at radius 1 is 1.03 bits per heavy atom. The number of aryl methyl sites for hydroxylation is 1. The summed E-state index contributed by atoms with van der Waals surface area (Å²) in [5.41, 5.74) is 0.658. The SMILES string of the molecule is CCCOc1ccc(C2C(C(=O)c3ccc(C)o3)C(=O)C(=O)N2CCCN(CC)CC)cc1OCC. The van der Waals surface area contributed by atoms with Crippen LogP contribution < -0.4 is 9.47 Å². The molecule has 1 fully saturated rings. The summed E-state index contributed by atoms with van der Waals surface area (Å²) in [6, 6.07) is 7.88. The van der Waals surface area contributed by atoms with Crippen LogP contribution in [0.25, 0.3) is 0 Å². The molecule has 0 saturated carbocycles. The van der Waals surface area contributed by atoms with Crippen molar-refractivity contribution in [1.82, 2.24) is 9.80 Å². The van der Waals surface area contributed by atoms with Crippen LogP contribution in [0.5, 0.6) is 11.5 Å². The molecule has 0 radical (unpaired) electrons. The highest BCUT2D eigenvalue weighted by Gasteiger charge is 2.52. The Morgan fingerprint density at radius 2 is 1.78 bits per heavy atom. The second-order valence-electron chi connectivity index (χ2n) is 8.93. The van der Waals surface area contributed by atoms with Gasteiger partial charge in [0, 0.05) is 6.54 Å². The number of ketones is 2. The third-order valence-electron chi connectivity index (χ3n) is 6.51. The summed E-state index contributed by atoms with van der Waals surface area (Å²) in [6.07, 6.45) is 1.53. The lowest BCUT2D eigenvalue weighted by Gasteiger charge is -2.28. The van der Waals surface area contributed by atoms with Gasteiger partial charge in [0.25, 0.3) is 5.91 Å². The van der Waals surface area contributed by atoms with Gasteiger partial charge in [-0.1, -0.05) is 26.8 Å². The normalized spacial score (nSPS) is 17.8. The Morgan fingerprint density at radius 3 is 2.39 bits per heavy atom. The molecule has 0 bridgehead atoms. The van der Waals surface area contributed by atoms with Crippen LogP contribution in [0.1, 0.15) is 68.5 Å². The molecule has 8 heteroatoms. The number of hydrogen-bond donors (Lipinski definition) is 0.